The van der Waals surface area contributed by atoms with Gasteiger partial charge in [-0.25, -0.2) is 0 Å². The second-order valence-corrected chi connectivity index (χ2v) is 20.7. The monoisotopic (exact) mass is 837 g/mol. The Hall–Kier alpha value is -1.77. The smallest absolute Gasteiger partial charge is 0.305 e. The maximum absolute atomic E-state index is 12.6. The largest absolute Gasteiger partial charge is 0.463 e. The van der Waals surface area contributed by atoms with Crippen molar-refractivity contribution < 1.29 is 34.3 Å². The molecule has 3 N–H and O–H groups in total. The molecule has 60 heavy (non-hydrogen) atoms. The first-order chi connectivity index (χ1) is 28.8. The third kappa shape index (κ3) is 12.5. The third-order valence-electron chi connectivity index (χ3n) is 16.5. The molecule has 0 aromatic rings. The molecule has 0 amide bonds. The number of carbonyl (C=O) groups is 1. The molecule has 1 aliphatic heterocycles. The molecule has 0 spiro atoms. The molecule has 3 saturated carbocycles. The summed E-state index contributed by atoms with van der Waals surface area (Å²) in [4.78, 5) is 12.6. The van der Waals surface area contributed by atoms with Gasteiger partial charge in [-0.05, 0) is 149 Å². The standard InChI is InChI=1S/C53H88O7/c1-8-10-11-12-13-14-15-16-17-18-19-20-21-22-23-24-47(54)58-36-46-48(55)49(56)50(57)51(60-46)59-41-31-33-52(6)40(35-41)27-28-42-44-30-29-43(53(44,7)34-32-45(42)52)38(5)25-26-39(9-2)37(3)4/h13-14,16-17,25-27,37-39,41-46,48-51,55-57H,8-12,15,18-24,28-36H2,1-7H3/b14-13-,17-16-,26-25+/t38-,39-,41+,42+,43-,44+,45+,46-,48-,49+,50-,51-,52+,53-/m1/s1. The van der Waals surface area contributed by atoms with E-state index in [9.17, 15) is 20.1 Å². The number of fused-ring (bicyclic) bond motifs is 5. The molecule has 0 aromatic heterocycles. The highest BCUT2D eigenvalue weighted by Gasteiger charge is 2.59. The summed E-state index contributed by atoms with van der Waals surface area (Å²) in [7, 11) is 0. The van der Waals surface area contributed by atoms with E-state index in [0.29, 0.717) is 35.5 Å². The van der Waals surface area contributed by atoms with Crippen LogP contribution >= 0.6 is 0 Å². The Labute approximate surface area is 366 Å². The van der Waals surface area contributed by atoms with Crippen molar-refractivity contribution in [3.05, 3.63) is 48.1 Å². The number of esters is 1. The van der Waals surface area contributed by atoms with Gasteiger partial charge in [-0.1, -0.05) is 129 Å². The van der Waals surface area contributed by atoms with E-state index < -0.39 is 30.7 Å². The van der Waals surface area contributed by atoms with Crippen molar-refractivity contribution in [1.29, 1.82) is 0 Å². The zero-order chi connectivity index (χ0) is 43.3. The summed E-state index contributed by atoms with van der Waals surface area (Å²) in [5.74, 6) is 4.58. The van der Waals surface area contributed by atoms with Gasteiger partial charge in [0.05, 0.1) is 6.10 Å². The zero-order valence-electron chi connectivity index (χ0n) is 39.1. The van der Waals surface area contributed by atoms with E-state index in [1.165, 1.54) is 63.4 Å². The van der Waals surface area contributed by atoms with E-state index in [2.05, 4.69) is 91.0 Å². The Morgan fingerprint density at radius 3 is 2.27 bits per heavy atom. The fraction of sp³-hybridized carbons (Fsp3) is 0.830. The molecule has 1 saturated heterocycles. The first-order valence-electron chi connectivity index (χ1n) is 25.0. The van der Waals surface area contributed by atoms with Crippen LogP contribution in [-0.2, 0) is 19.0 Å². The van der Waals surface area contributed by atoms with Crippen LogP contribution < -0.4 is 0 Å². The van der Waals surface area contributed by atoms with Gasteiger partial charge < -0.3 is 29.5 Å². The molecule has 7 heteroatoms. The van der Waals surface area contributed by atoms with Gasteiger partial charge in [0.25, 0.3) is 0 Å². The fourth-order valence-corrected chi connectivity index (χ4v) is 12.6. The molecule has 5 aliphatic rings. The maximum Gasteiger partial charge on any atom is 0.305 e. The molecule has 7 nitrogen and oxygen atoms in total. The summed E-state index contributed by atoms with van der Waals surface area (Å²) in [6, 6.07) is 0. The molecule has 14 atom stereocenters. The lowest BCUT2D eigenvalue weighted by molar-refractivity contribution is -0.313. The van der Waals surface area contributed by atoms with Gasteiger partial charge in [-0.2, -0.15) is 0 Å². The van der Waals surface area contributed by atoms with Crippen LogP contribution in [0.15, 0.2) is 48.1 Å². The van der Waals surface area contributed by atoms with Crippen molar-refractivity contribution >= 4 is 5.97 Å². The van der Waals surface area contributed by atoms with Gasteiger partial charge in [0.15, 0.2) is 6.29 Å². The number of carbonyl (C=O) groups excluding carboxylic acids is 1. The number of unbranched alkanes of at least 4 members (excludes halogenated alkanes) is 8. The predicted molar refractivity (Wildman–Crippen MR) is 244 cm³/mol. The third-order valence-corrected chi connectivity index (χ3v) is 16.5. The second kappa shape index (κ2) is 23.8. The normalized spacial score (nSPS) is 36.7. The Kier molecular flexibility index (Phi) is 19.5. The Bertz CT molecular complexity index is 1420. The summed E-state index contributed by atoms with van der Waals surface area (Å²) >= 11 is 0. The average Bonchev–Trinajstić information content (AvgIpc) is 3.59. The minimum Gasteiger partial charge on any atom is -0.463 e. The van der Waals surface area contributed by atoms with Gasteiger partial charge in [0, 0.05) is 6.42 Å². The fourth-order valence-electron chi connectivity index (χ4n) is 12.6. The average molecular weight is 837 g/mol. The molecular formula is C53H88O7. The minimum absolute atomic E-state index is 0.153. The van der Waals surface area contributed by atoms with Crippen LogP contribution in [0.1, 0.15) is 183 Å². The number of aliphatic hydroxyl groups excluding tert-OH is 3. The minimum atomic E-state index is -1.45. The van der Waals surface area contributed by atoms with Gasteiger partial charge in [-0.15, -0.1) is 0 Å². The van der Waals surface area contributed by atoms with E-state index in [0.717, 1.165) is 88.4 Å². The van der Waals surface area contributed by atoms with Crippen LogP contribution in [0.25, 0.3) is 0 Å². The van der Waals surface area contributed by atoms with Crippen LogP contribution in [-0.4, -0.2) is 64.7 Å². The molecule has 4 fully saturated rings. The highest BCUT2D eigenvalue weighted by molar-refractivity contribution is 5.69. The molecule has 0 unspecified atom stereocenters. The molecule has 0 radical (unpaired) electrons. The Morgan fingerprint density at radius 2 is 1.55 bits per heavy atom. The number of aliphatic hydroxyl groups is 3. The Balaban J connectivity index is 1.03. The summed E-state index contributed by atoms with van der Waals surface area (Å²) in [5, 5.41) is 32.5. The van der Waals surface area contributed by atoms with E-state index in [1.807, 2.05) is 0 Å². The molecule has 1 heterocycles. The topological polar surface area (TPSA) is 105 Å². The van der Waals surface area contributed by atoms with Crippen LogP contribution in [0, 0.1) is 52.3 Å². The number of hydrogen-bond donors (Lipinski definition) is 3. The number of hydrogen-bond acceptors (Lipinski definition) is 7. The van der Waals surface area contributed by atoms with Crippen LogP contribution in [0.3, 0.4) is 0 Å². The molecule has 0 aromatic carbocycles. The highest BCUT2D eigenvalue weighted by Crippen LogP contribution is 2.67. The zero-order valence-corrected chi connectivity index (χ0v) is 39.1. The number of ether oxygens (including phenoxy) is 3. The summed E-state index contributed by atoms with van der Waals surface area (Å²) in [6.07, 6.45) is 33.2. The van der Waals surface area contributed by atoms with Crippen LogP contribution in [0.5, 0.6) is 0 Å². The van der Waals surface area contributed by atoms with Gasteiger partial charge >= 0.3 is 5.97 Å². The van der Waals surface area contributed by atoms with Crippen molar-refractivity contribution in [2.45, 2.75) is 220 Å². The van der Waals surface area contributed by atoms with E-state index in [-0.39, 0.29) is 24.1 Å². The van der Waals surface area contributed by atoms with Crippen molar-refractivity contribution in [3.63, 3.8) is 0 Å². The summed E-state index contributed by atoms with van der Waals surface area (Å²) < 4.78 is 18.0. The maximum atomic E-state index is 12.6. The van der Waals surface area contributed by atoms with E-state index in [1.54, 1.807) is 0 Å². The number of allylic oxidation sites excluding steroid dienone is 7. The van der Waals surface area contributed by atoms with Crippen molar-refractivity contribution in [1.82, 2.24) is 0 Å². The first-order valence-corrected chi connectivity index (χ1v) is 25.0. The quantitative estimate of drug-likeness (QED) is 0.0535. The SMILES string of the molecule is CCCCC/C=C\C/C=C\CCCCCCCC(=O)OC[C@H]1O[C@@H](O[C@H]2CC[C@@]3(C)C(=CC[C@H]4[C@@H]5CC[C@H]([C@H](C)/C=C/[C@@H](CC)C(C)C)[C@@]5(C)CC[C@@H]43)C2)[C@H](O)[C@@H](O)[C@@H]1O. The van der Waals surface area contributed by atoms with Crippen molar-refractivity contribution in [2.24, 2.45) is 52.3 Å². The van der Waals surface area contributed by atoms with Gasteiger partial charge in [-0.3, -0.25) is 4.79 Å². The predicted octanol–water partition coefficient (Wildman–Crippen LogP) is 12.0. The molecular weight excluding hydrogens is 749 g/mol. The molecule has 342 valence electrons. The molecule has 4 aliphatic carbocycles. The van der Waals surface area contributed by atoms with E-state index >= 15 is 0 Å². The second-order valence-electron chi connectivity index (χ2n) is 20.7. The summed E-state index contributed by atoms with van der Waals surface area (Å²) in [5.41, 5.74) is 2.04. The Morgan fingerprint density at radius 1 is 0.833 bits per heavy atom. The number of rotatable bonds is 23. The van der Waals surface area contributed by atoms with Crippen molar-refractivity contribution in [2.75, 3.05) is 6.61 Å². The lowest BCUT2D eigenvalue weighted by Crippen LogP contribution is -2.60. The van der Waals surface area contributed by atoms with Gasteiger partial charge in [0.1, 0.15) is 31.0 Å². The molecule has 5 rings (SSSR count). The highest BCUT2D eigenvalue weighted by atomic mass is 16.7. The summed E-state index contributed by atoms with van der Waals surface area (Å²) in [6.45, 7) is 16.7. The molecule has 0 bridgehead atoms. The van der Waals surface area contributed by atoms with Crippen molar-refractivity contribution in [3.8, 4) is 0 Å². The first kappa shape index (κ1) is 49.2. The lowest BCUT2D eigenvalue weighted by Gasteiger charge is -2.58. The van der Waals surface area contributed by atoms with E-state index in [4.69, 9.17) is 14.2 Å². The lowest BCUT2D eigenvalue weighted by atomic mass is 9.47. The van der Waals surface area contributed by atoms with Gasteiger partial charge in [0.2, 0.25) is 0 Å². The van der Waals surface area contributed by atoms with Crippen LogP contribution in [0.2, 0.25) is 0 Å². The van der Waals surface area contributed by atoms with Crippen LogP contribution in [0.4, 0.5) is 0 Å².